The summed E-state index contributed by atoms with van der Waals surface area (Å²) in [6.07, 6.45) is 0. The zero-order valence-electron chi connectivity index (χ0n) is 16.2. The van der Waals surface area contributed by atoms with Gasteiger partial charge < -0.3 is 15.4 Å². The molecule has 0 aliphatic carbocycles. The number of nitrogens with one attached hydrogen (secondary N) is 2. The fraction of sp³-hybridized carbons (Fsp3) is 0.421. The third-order valence-corrected chi connectivity index (χ3v) is 6.30. The van der Waals surface area contributed by atoms with Crippen molar-refractivity contribution in [3.8, 4) is 0 Å². The molecule has 0 bridgehead atoms. The van der Waals surface area contributed by atoms with E-state index in [1.807, 2.05) is 37.3 Å². The highest BCUT2D eigenvalue weighted by molar-refractivity contribution is 7.91. The van der Waals surface area contributed by atoms with Gasteiger partial charge in [0.15, 0.2) is 5.96 Å². The molecule has 0 amide bonds. The number of rotatable bonds is 10. The van der Waals surface area contributed by atoms with E-state index in [1.165, 1.54) is 6.07 Å². The van der Waals surface area contributed by atoms with Crippen LogP contribution >= 0.6 is 11.3 Å². The van der Waals surface area contributed by atoms with Gasteiger partial charge in [-0.1, -0.05) is 37.3 Å². The fourth-order valence-corrected chi connectivity index (χ4v) is 4.08. The Balaban J connectivity index is 1.79. The summed E-state index contributed by atoms with van der Waals surface area (Å²) in [5.74, 6) is 0.992. The van der Waals surface area contributed by atoms with Gasteiger partial charge in [-0.25, -0.2) is 18.5 Å². The van der Waals surface area contributed by atoms with Crippen molar-refractivity contribution in [3.05, 3.63) is 52.9 Å². The van der Waals surface area contributed by atoms with E-state index in [-0.39, 0.29) is 4.21 Å². The SMILES string of the molecule is CCNC(=NCc1ccc(S(N)(=O)=O)s1)NCC(C)COCc1ccccc1. The minimum absolute atomic E-state index is 0.153. The molecule has 154 valence electrons. The zero-order chi connectivity index (χ0) is 20.4. The summed E-state index contributed by atoms with van der Waals surface area (Å²) < 4.78 is 28.6. The van der Waals surface area contributed by atoms with E-state index < -0.39 is 10.0 Å². The van der Waals surface area contributed by atoms with Gasteiger partial charge >= 0.3 is 0 Å². The predicted octanol–water partition coefficient (Wildman–Crippen LogP) is 2.30. The summed E-state index contributed by atoms with van der Waals surface area (Å²) >= 11 is 1.14. The number of sulfonamides is 1. The van der Waals surface area contributed by atoms with Crippen molar-refractivity contribution < 1.29 is 13.2 Å². The molecule has 0 spiro atoms. The number of benzene rings is 1. The van der Waals surface area contributed by atoms with Gasteiger partial charge in [0.05, 0.1) is 19.8 Å². The van der Waals surface area contributed by atoms with Crippen LogP contribution in [0.15, 0.2) is 51.7 Å². The summed E-state index contributed by atoms with van der Waals surface area (Å²) in [5, 5.41) is 11.6. The van der Waals surface area contributed by atoms with Gasteiger partial charge in [-0.2, -0.15) is 0 Å². The van der Waals surface area contributed by atoms with Crippen molar-refractivity contribution in [2.45, 2.75) is 31.2 Å². The maximum absolute atomic E-state index is 11.4. The number of ether oxygens (including phenoxy) is 1. The van der Waals surface area contributed by atoms with Crippen LogP contribution in [0.4, 0.5) is 0 Å². The van der Waals surface area contributed by atoms with Crippen LogP contribution in [0.3, 0.4) is 0 Å². The first kappa shape index (κ1) is 22.4. The maximum atomic E-state index is 11.4. The molecular formula is C19H28N4O3S2. The van der Waals surface area contributed by atoms with Gasteiger partial charge in [-0.15, -0.1) is 11.3 Å². The van der Waals surface area contributed by atoms with Gasteiger partial charge in [0, 0.05) is 18.0 Å². The molecule has 1 aromatic heterocycles. The van der Waals surface area contributed by atoms with Crippen molar-refractivity contribution in [2.24, 2.45) is 16.0 Å². The average Bonchev–Trinajstić information content (AvgIpc) is 3.14. The highest BCUT2D eigenvalue weighted by atomic mass is 32.2. The molecule has 28 heavy (non-hydrogen) atoms. The van der Waals surface area contributed by atoms with Crippen molar-refractivity contribution in [2.75, 3.05) is 19.7 Å². The van der Waals surface area contributed by atoms with E-state index in [0.717, 1.165) is 28.3 Å². The molecule has 1 aromatic carbocycles. The van der Waals surface area contributed by atoms with Crippen LogP contribution in [0.5, 0.6) is 0 Å². The molecule has 2 aromatic rings. The third-order valence-electron chi connectivity index (χ3n) is 3.79. The lowest BCUT2D eigenvalue weighted by atomic mass is 10.2. The monoisotopic (exact) mass is 424 g/mol. The molecule has 1 heterocycles. The van der Waals surface area contributed by atoms with Crippen molar-refractivity contribution >= 4 is 27.3 Å². The molecule has 4 N–H and O–H groups in total. The Labute approximate surface area is 171 Å². The topological polar surface area (TPSA) is 106 Å². The number of hydrogen-bond acceptors (Lipinski definition) is 5. The Morgan fingerprint density at radius 3 is 2.61 bits per heavy atom. The zero-order valence-corrected chi connectivity index (χ0v) is 17.9. The Kier molecular flexibility index (Phi) is 8.91. The van der Waals surface area contributed by atoms with Crippen molar-refractivity contribution in [1.82, 2.24) is 10.6 Å². The van der Waals surface area contributed by atoms with Crippen LogP contribution in [-0.4, -0.2) is 34.1 Å². The molecule has 9 heteroatoms. The van der Waals surface area contributed by atoms with Crippen LogP contribution in [0.2, 0.25) is 0 Å². The Morgan fingerprint density at radius 2 is 1.96 bits per heavy atom. The average molecular weight is 425 g/mol. The molecule has 0 aliphatic heterocycles. The predicted molar refractivity (Wildman–Crippen MR) is 114 cm³/mol. The standard InChI is InChI=1S/C19H28N4O3S2/c1-3-21-19(23-12-17-9-10-18(27-17)28(20,24)25)22-11-15(2)13-26-14-16-7-5-4-6-8-16/h4-10,15H,3,11-14H2,1-2H3,(H2,20,24,25)(H2,21,22,23). The van der Waals surface area contributed by atoms with Crippen LogP contribution in [-0.2, 0) is 27.9 Å². The first-order chi connectivity index (χ1) is 13.4. The third kappa shape index (κ3) is 7.97. The second-order valence-electron chi connectivity index (χ2n) is 6.45. The summed E-state index contributed by atoms with van der Waals surface area (Å²) in [5.41, 5.74) is 1.16. The Hall–Kier alpha value is -1.94. The smallest absolute Gasteiger partial charge is 0.247 e. The highest BCUT2D eigenvalue weighted by Crippen LogP contribution is 2.20. The van der Waals surface area contributed by atoms with E-state index in [0.29, 0.717) is 38.2 Å². The lowest BCUT2D eigenvalue weighted by Crippen LogP contribution is -2.40. The number of guanidine groups is 1. The normalized spacial score (nSPS) is 13.3. The molecule has 0 aliphatic rings. The number of primary sulfonamides is 1. The number of aliphatic imine (C=N–C) groups is 1. The number of thiophene rings is 1. The van der Waals surface area contributed by atoms with Crippen LogP contribution in [0.25, 0.3) is 0 Å². The van der Waals surface area contributed by atoms with E-state index in [1.54, 1.807) is 6.07 Å². The number of nitrogens with two attached hydrogens (primary N) is 1. The summed E-state index contributed by atoms with van der Waals surface area (Å²) in [4.78, 5) is 5.34. The minimum atomic E-state index is -3.66. The number of hydrogen-bond donors (Lipinski definition) is 3. The quantitative estimate of drug-likeness (QED) is 0.401. The lowest BCUT2D eigenvalue weighted by Gasteiger charge is -2.16. The summed E-state index contributed by atoms with van der Waals surface area (Å²) in [7, 11) is -3.66. The van der Waals surface area contributed by atoms with Gasteiger partial charge in [-0.3, -0.25) is 0 Å². The van der Waals surface area contributed by atoms with E-state index in [4.69, 9.17) is 9.88 Å². The van der Waals surface area contributed by atoms with Crippen molar-refractivity contribution in [1.29, 1.82) is 0 Å². The Morgan fingerprint density at radius 1 is 1.21 bits per heavy atom. The highest BCUT2D eigenvalue weighted by Gasteiger charge is 2.11. The van der Waals surface area contributed by atoms with Gasteiger partial charge in [0.1, 0.15) is 4.21 Å². The largest absolute Gasteiger partial charge is 0.376 e. The molecule has 1 atom stereocenters. The van der Waals surface area contributed by atoms with Gasteiger partial charge in [-0.05, 0) is 30.5 Å². The molecule has 0 fully saturated rings. The molecular weight excluding hydrogens is 396 g/mol. The minimum Gasteiger partial charge on any atom is -0.376 e. The molecule has 1 unspecified atom stereocenters. The second-order valence-corrected chi connectivity index (χ2v) is 9.40. The van der Waals surface area contributed by atoms with E-state index in [2.05, 4.69) is 22.5 Å². The maximum Gasteiger partial charge on any atom is 0.247 e. The summed E-state index contributed by atoms with van der Waals surface area (Å²) in [6, 6.07) is 13.3. The van der Waals surface area contributed by atoms with Crippen LogP contribution < -0.4 is 15.8 Å². The second kappa shape index (κ2) is 11.2. The van der Waals surface area contributed by atoms with Crippen LogP contribution in [0.1, 0.15) is 24.3 Å². The summed E-state index contributed by atoms with van der Waals surface area (Å²) in [6.45, 7) is 7.18. The fourth-order valence-electron chi connectivity index (χ4n) is 2.38. The van der Waals surface area contributed by atoms with Gasteiger partial charge in [0.25, 0.3) is 0 Å². The van der Waals surface area contributed by atoms with E-state index in [9.17, 15) is 8.42 Å². The first-order valence-electron chi connectivity index (χ1n) is 9.14. The lowest BCUT2D eigenvalue weighted by molar-refractivity contribution is 0.0931. The molecule has 0 saturated carbocycles. The van der Waals surface area contributed by atoms with Crippen molar-refractivity contribution in [3.63, 3.8) is 0 Å². The Bertz CT molecular complexity index is 851. The molecule has 0 radical (unpaired) electrons. The molecule has 0 saturated heterocycles. The van der Waals surface area contributed by atoms with E-state index >= 15 is 0 Å². The molecule has 2 rings (SSSR count). The molecule has 7 nitrogen and oxygen atoms in total. The van der Waals surface area contributed by atoms with Gasteiger partial charge in [0.2, 0.25) is 10.0 Å². The first-order valence-corrected chi connectivity index (χ1v) is 11.5. The van der Waals surface area contributed by atoms with Crippen LogP contribution in [0, 0.1) is 5.92 Å². The number of nitrogens with zero attached hydrogens (tertiary/aromatic N) is 1.